The van der Waals surface area contributed by atoms with Crippen molar-refractivity contribution < 1.29 is 4.74 Å². The van der Waals surface area contributed by atoms with Gasteiger partial charge in [0.2, 0.25) is 0 Å². The van der Waals surface area contributed by atoms with E-state index in [1.165, 1.54) is 50.9 Å². The molecule has 3 aliphatic rings. The molecule has 1 aromatic heterocycles. The van der Waals surface area contributed by atoms with Gasteiger partial charge in [0.05, 0.1) is 12.2 Å². The largest absolute Gasteiger partial charge is 0.372 e. The van der Waals surface area contributed by atoms with Crippen LogP contribution in [0.15, 0.2) is 24.5 Å². The van der Waals surface area contributed by atoms with Crippen molar-refractivity contribution in [2.75, 3.05) is 39.3 Å². The van der Waals surface area contributed by atoms with Gasteiger partial charge in [0.15, 0.2) is 0 Å². The fourth-order valence-corrected chi connectivity index (χ4v) is 3.92. The number of ether oxygens (including phenoxy) is 1. The summed E-state index contributed by atoms with van der Waals surface area (Å²) in [6.07, 6.45) is 9.14. The fourth-order valence-electron chi connectivity index (χ4n) is 3.92. The van der Waals surface area contributed by atoms with Crippen molar-refractivity contribution in [3.05, 3.63) is 30.1 Å². The van der Waals surface area contributed by atoms with Gasteiger partial charge < -0.3 is 9.64 Å². The van der Waals surface area contributed by atoms with Crippen molar-refractivity contribution in [1.29, 1.82) is 0 Å². The molecular formula is C18H27N3O. The van der Waals surface area contributed by atoms with E-state index in [-0.39, 0.29) is 5.60 Å². The van der Waals surface area contributed by atoms with Gasteiger partial charge >= 0.3 is 0 Å². The summed E-state index contributed by atoms with van der Waals surface area (Å²) in [6, 6.07) is 4.20. The average Bonchev–Trinajstić information content (AvgIpc) is 3.35. The highest BCUT2D eigenvalue weighted by molar-refractivity contribution is 5.08. The van der Waals surface area contributed by atoms with Crippen molar-refractivity contribution in [3.8, 4) is 0 Å². The Hall–Kier alpha value is -0.970. The van der Waals surface area contributed by atoms with Crippen molar-refractivity contribution in [1.82, 2.24) is 14.8 Å². The summed E-state index contributed by atoms with van der Waals surface area (Å²) < 4.78 is 6.26. The van der Waals surface area contributed by atoms with Gasteiger partial charge in [0.1, 0.15) is 0 Å². The molecule has 1 aliphatic carbocycles. The molecule has 1 saturated carbocycles. The lowest BCUT2D eigenvalue weighted by molar-refractivity contribution is -0.137. The molecule has 4 rings (SSSR count). The molecule has 3 fully saturated rings. The Labute approximate surface area is 133 Å². The first-order valence-electron chi connectivity index (χ1n) is 8.79. The molecule has 0 atom stereocenters. The molecule has 3 heterocycles. The maximum absolute atomic E-state index is 6.26. The van der Waals surface area contributed by atoms with Crippen LogP contribution in [-0.2, 0) is 11.3 Å². The highest BCUT2D eigenvalue weighted by Crippen LogP contribution is 2.34. The van der Waals surface area contributed by atoms with E-state index in [2.05, 4.69) is 20.9 Å². The van der Waals surface area contributed by atoms with E-state index in [1.807, 2.05) is 18.5 Å². The standard InChI is InChI=1S/C18H27N3O/c1-2-17(12-19-7-1)14-21-10-11-22-18(15-21)5-8-20(9-6-18)13-16-3-4-16/h1-2,7,12,16H,3-6,8-11,13-15H2. The molecule has 0 aromatic carbocycles. The molecule has 1 aromatic rings. The minimum atomic E-state index is 0.112. The van der Waals surface area contributed by atoms with Crippen LogP contribution in [0.2, 0.25) is 0 Å². The molecule has 0 bridgehead atoms. The zero-order chi connectivity index (χ0) is 14.8. The van der Waals surface area contributed by atoms with E-state index >= 15 is 0 Å². The molecule has 1 spiro atoms. The van der Waals surface area contributed by atoms with Gasteiger partial charge in [0, 0.05) is 51.7 Å². The molecule has 4 nitrogen and oxygen atoms in total. The summed E-state index contributed by atoms with van der Waals surface area (Å²) in [5, 5.41) is 0. The molecule has 120 valence electrons. The third-order valence-electron chi connectivity index (χ3n) is 5.44. The predicted octanol–water partition coefficient (Wildman–Crippen LogP) is 2.16. The van der Waals surface area contributed by atoms with E-state index in [0.29, 0.717) is 0 Å². The van der Waals surface area contributed by atoms with Gasteiger partial charge in [-0.25, -0.2) is 0 Å². The minimum Gasteiger partial charge on any atom is -0.372 e. The van der Waals surface area contributed by atoms with E-state index in [9.17, 15) is 0 Å². The van der Waals surface area contributed by atoms with E-state index < -0.39 is 0 Å². The van der Waals surface area contributed by atoms with Gasteiger partial charge in [0.25, 0.3) is 0 Å². The molecule has 0 unspecified atom stereocenters. The molecule has 2 saturated heterocycles. The van der Waals surface area contributed by atoms with Crippen molar-refractivity contribution in [3.63, 3.8) is 0 Å². The summed E-state index contributed by atoms with van der Waals surface area (Å²) >= 11 is 0. The normalized spacial score (nSPS) is 26.4. The fraction of sp³-hybridized carbons (Fsp3) is 0.722. The van der Waals surface area contributed by atoms with E-state index in [1.54, 1.807) is 0 Å². The Morgan fingerprint density at radius 1 is 1.18 bits per heavy atom. The first-order valence-corrected chi connectivity index (χ1v) is 8.79. The maximum atomic E-state index is 6.26. The number of piperidine rings is 1. The highest BCUT2D eigenvalue weighted by atomic mass is 16.5. The number of nitrogens with zero attached hydrogens (tertiary/aromatic N) is 3. The lowest BCUT2D eigenvalue weighted by Crippen LogP contribution is -2.56. The molecule has 0 radical (unpaired) electrons. The van der Waals surface area contributed by atoms with Crippen LogP contribution in [0, 0.1) is 5.92 Å². The second kappa shape index (κ2) is 6.26. The molecule has 22 heavy (non-hydrogen) atoms. The zero-order valence-corrected chi connectivity index (χ0v) is 13.4. The maximum Gasteiger partial charge on any atom is 0.0833 e. The molecule has 2 aliphatic heterocycles. The van der Waals surface area contributed by atoms with Crippen molar-refractivity contribution in [2.45, 2.75) is 37.8 Å². The first kappa shape index (κ1) is 14.6. The summed E-state index contributed by atoms with van der Waals surface area (Å²) in [5.74, 6) is 1.00. The lowest BCUT2D eigenvalue weighted by atomic mass is 9.89. The third kappa shape index (κ3) is 3.50. The summed E-state index contributed by atoms with van der Waals surface area (Å²) in [4.78, 5) is 9.44. The van der Waals surface area contributed by atoms with Crippen LogP contribution in [0.25, 0.3) is 0 Å². The van der Waals surface area contributed by atoms with Crippen LogP contribution < -0.4 is 0 Å². The lowest BCUT2D eigenvalue weighted by Gasteiger charge is -2.47. The van der Waals surface area contributed by atoms with Crippen LogP contribution >= 0.6 is 0 Å². The Bertz CT molecular complexity index is 480. The second-order valence-corrected chi connectivity index (χ2v) is 7.35. The molecule has 0 N–H and O–H groups in total. The number of rotatable bonds is 4. The molecule has 0 amide bonds. The second-order valence-electron chi connectivity index (χ2n) is 7.35. The van der Waals surface area contributed by atoms with Crippen LogP contribution in [0.4, 0.5) is 0 Å². The van der Waals surface area contributed by atoms with E-state index in [4.69, 9.17) is 4.74 Å². The first-order chi connectivity index (χ1) is 10.8. The van der Waals surface area contributed by atoms with Gasteiger partial charge in [-0.1, -0.05) is 6.07 Å². The zero-order valence-electron chi connectivity index (χ0n) is 13.4. The van der Waals surface area contributed by atoms with Gasteiger partial charge in [-0.15, -0.1) is 0 Å². The third-order valence-corrected chi connectivity index (χ3v) is 5.44. The van der Waals surface area contributed by atoms with Crippen LogP contribution in [0.1, 0.15) is 31.2 Å². The molecule has 4 heteroatoms. The quantitative estimate of drug-likeness (QED) is 0.852. The van der Waals surface area contributed by atoms with Gasteiger partial charge in [-0.2, -0.15) is 0 Å². The Morgan fingerprint density at radius 2 is 2.05 bits per heavy atom. The smallest absolute Gasteiger partial charge is 0.0833 e. The van der Waals surface area contributed by atoms with E-state index in [0.717, 1.165) is 32.2 Å². The molecular weight excluding hydrogens is 274 g/mol. The number of morpholine rings is 1. The predicted molar refractivity (Wildman–Crippen MR) is 86.6 cm³/mol. The van der Waals surface area contributed by atoms with Crippen molar-refractivity contribution >= 4 is 0 Å². The van der Waals surface area contributed by atoms with Crippen LogP contribution in [0.5, 0.6) is 0 Å². The average molecular weight is 301 g/mol. The van der Waals surface area contributed by atoms with Crippen LogP contribution in [0.3, 0.4) is 0 Å². The Balaban J connectivity index is 1.32. The number of hydrogen-bond acceptors (Lipinski definition) is 4. The minimum absolute atomic E-state index is 0.112. The SMILES string of the molecule is c1cncc(CN2CCOC3(CCN(CC4CC4)CC3)C2)c1. The number of hydrogen-bond donors (Lipinski definition) is 0. The Kier molecular flexibility index (Phi) is 4.16. The summed E-state index contributed by atoms with van der Waals surface area (Å²) in [5.41, 5.74) is 1.42. The van der Waals surface area contributed by atoms with Crippen LogP contribution in [-0.4, -0.2) is 59.7 Å². The topological polar surface area (TPSA) is 28.6 Å². The van der Waals surface area contributed by atoms with Gasteiger partial charge in [-0.3, -0.25) is 9.88 Å². The van der Waals surface area contributed by atoms with Gasteiger partial charge in [-0.05, 0) is 43.2 Å². The highest BCUT2D eigenvalue weighted by Gasteiger charge is 2.40. The summed E-state index contributed by atoms with van der Waals surface area (Å²) in [6.45, 7) is 7.78. The summed E-state index contributed by atoms with van der Waals surface area (Å²) in [7, 11) is 0. The Morgan fingerprint density at radius 3 is 2.77 bits per heavy atom. The van der Waals surface area contributed by atoms with Crippen molar-refractivity contribution in [2.24, 2.45) is 5.92 Å². The monoisotopic (exact) mass is 301 g/mol. The number of likely N-dealkylation sites (tertiary alicyclic amines) is 1. The number of pyridine rings is 1. The number of aromatic nitrogens is 1.